The molecule has 2 aliphatic rings. The molecule has 3 nitrogen and oxygen atoms in total. The van der Waals surface area contributed by atoms with Crippen LogP contribution in [0.3, 0.4) is 0 Å². The maximum absolute atomic E-state index is 11.2. The second kappa shape index (κ2) is 5.17. The molecule has 2 fully saturated rings. The second-order valence-corrected chi connectivity index (χ2v) is 5.52. The van der Waals surface area contributed by atoms with E-state index in [1.54, 1.807) is 0 Å². The molecule has 1 saturated carbocycles. The Hall–Kier alpha value is -0.570. The minimum absolute atomic E-state index is 0.109. The molecular weight excluding hydrogens is 202 g/mol. The highest BCUT2D eigenvalue weighted by Gasteiger charge is 2.35. The first-order valence-corrected chi connectivity index (χ1v) is 6.65. The lowest BCUT2D eigenvalue weighted by Crippen LogP contribution is -2.48. The van der Waals surface area contributed by atoms with Crippen molar-refractivity contribution in [2.45, 2.75) is 51.5 Å². The molecule has 2 rings (SSSR count). The van der Waals surface area contributed by atoms with Crippen molar-refractivity contribution < 1.29 is 9.90 Å². The van der Waals surface area contributed by atoms with Crippen molar-refractivity contribution in [3.63, 3.8) is 0 Å². The number of nitrogens with zero attached hydrogens (tertiary/aromatic N) is 1. The summed E-state index contributed by atoms with van der Waals surface area (Å²) in [6, 6.07) is 0.318. The van der Waals surface area contributed by atoms with Gasteiger partial charge in [-0.15, -0.1) is 0 Å². The zero-order chi connectivity index (χ0) is 11.5. The monoisotopic (exact) mass is 225 g/mol. The Labute approximate surface area is 97.8 Å². The maximum atomic E-state index is 11.2. The molecule has 3 heteroatoms. The van der Waals surface area contributed by atoms with E-state index in [1.807, 2.05) is 0 Å². The fraction of sp³-hybridized carbons (Fsp3) is 0.923. The Kier molecular flexibility index (Phi) is 3.85. The van der Waals surface area contributed by atoms with E-state index < -0.39 is 5.97 Å². The normalized spacial score (nSPS) is 33.8. The minimum atomic E-state index is -0.580. The van der Waals surface area contributed by atoms with Gasteiger partial charge in [0.05, 0.1) is 5.92 Å². The van der Waals surface area contributed by atoms with Crippen molar-refractivity contribution in [2.75, 3.05) is 13.1 Å². The summed E-state index contributed by atoms with van der Waals surface area (Å²) >= 11 is 0. The van der Waals surface area contributed by atoms with Crippen molar-refractivity contribution in [1.29, 1.82) is 0 Å². The SMILES string of the molecule is CC1CCN(C2CCCCC2C(=O)O)CC1. The zero-order valence-electron chi connectivity index (χ0n) is 10.2. The standard InChI is InChI=1S/C13H23NO2/c1-10-6-8-14(9-7-10)12-5-3-2-4-11(12)13(15)16/h10-12H,2-9H2,1H3,(H,15,16). The van der Waals surface area contributed by atoms with Crippen LogP contribution in [0, 0.1) is 11.8 Å². The molecule has 0 bridgehead atoms. The summed E-state index contributed by atoms with van der Waals surface area (Å²) in [6.07, 6.45) is 6.75. The molecule has 0 aromatic carbocycles. The fourth-order valence-electron chi connectivity index (χ4n) is 3.20. The highest BCUT2D eigenvalue weighted by molar-refractivity contribution is 5.71. The van der Waals surface area contributed by atoms with E-state index in [2.05, 4.69) is 11.8 Å². The first kappa shape index (κ1) is 11.9. The van der Waals surface area contributed by atoms with Gasteiger partial charge in [0, 0.05) is 6.04 Å². The van der Waals surface area contributed by atoms with Crippen LogP contribution < -0.4 is 0 Å². The van der Waals surface area contributed by atoms with Crippen molar-refractivity contribution in [2.24, 2.45) is 11.8 Å². The van der Waals surface area contributed by atoms with Crippen molar-refractivity contribution in [1.82, 2.24) is 4.90 Å². The van der Waals surface area contributed by atoms with Crippen LogP contribution in [-0.4, -0.2) is 35.1 Å². The molecule has 1 N–H and O–H groups in total. The number of rotatable bonds is 2. The topological polar surface area (TPSA) is 40.5 Å². The van der Waals surface area contributed by atoms with Gasteiger partial charge in [-0.25, -0.2) is 0 Å². The molecule has 1 aliphatic carbocycles. The summed E-state index contributed by atoms with van der Waals surface area (Å²) < 4.78 is 0. The maximum Gasteiger partial charge on any atom is 0.308 e. The summed E-state index contributed by atoms with van der Waals surface area (Å²) in [7, 11) is 0. The number of piperidine rings is 1. The quantitative estimate of drug-likeness (QED) is 0.784. The largest absolute Gasteiger partial charge is 0.481 e. The van der Waals surface area contributed by atoms with E-state index in [0.717, 1.165) is 38.3 Å². The average Bonchev–Trinajstić information content (AvgIpc) is 2.30. The molecular formula is C13H23NO2. The molecule has 0 radical (unpaired) electrons. The first-order valence-electron chi connectivity index (χ1n) is 6.65. The summed E-state index contributed by atoms with van der Waals surface area (Å²) in [5.41, 5.74) is 0. The Morgan fingerprint density at radius 1 is 1.12 bits per heavy atom. The smallest absolute Gasteiger partial charge is 0.308 e. The molecule has 2 atom stereocenters. The molecule has 1 saturated heterocycles. The van der Waals surface area contributed by atoms with Crippen LogP contribution in [-0.2, 0) is 4.79 Å². The fourth-order valence-corrected chi connectivity index (χ4v) is 3.20. The van der Waals surface area contributed by atoms with Crippen LogP contribution in [0.4, 0.5) is 0 Å². The number of hydrogen-bond donors (Lipinski definition) is 1. The molecule has 1 aliphatic heterocycles. The van der Waals surface area contributed by atoms with Crippen molar-refractivity contribution in [3.8, 4) is 0 Å². The van der Waals surface area contributed by atoms with Gasteiger partial charge < -0.3 is 5.11 Å². The average molecular weight is 225 g/mol. The zero-order valence-corrected chi connectivity index (χ0v) is 10.2. The summed E-state index contributed by atoms with van der Waals surface area (Å²) in [5, 5.41) is 9.26. The summed E-state index contributed by atoms with van der Waals surface area (Å²) in [4.78, 5) is 13.7. The van der Waals surface area contributed by atoms with Gasteiger partial charge in [-0.05, 0) is 44.7 Å². The van der Waals surface area contributed by atoms with E-state index >= 15 is 0 Å². The van der Waals surface area contributed by atoms with Gasteiger partial charge in [0.15, 0.2) is 0 Å². The molecule has 0 spiro atoms. The van der Waals surface area contributed by atoms with Gasteiger partial charge >= 0.3 is 5.97 Å². The van der Waals surface area contributed by atoms with Crippen LogP contribution in [0.2, 0.25) is 0 Å². The van der Waals surface area contributed by atoms with Gasteiger partial charge in [-0.1, -0.05) is 19.8 Å². The van der Waals surface area contributed by atoms with Crippen molar-refractivity contribution >= 4 is 5.97 Å². The molecule has 0 amide bonds. The van der Waals surface area contributed by atoms with E-state index in [1.165, 1.54) is 19.3 Å². The number of likely N-dealkylation sites (tertiary alicyclic amines) is 1. The molecule has 0 aromatic heterocycles. The molecule has 2 unspecified atom stereocenters. The Bertz CT molecular complexity index is 246. The lowest BCUT2D eigenvalue weighted by molar-refractivity contribution is -0.146. The number of carboxylic acid groups (broad SMARTS) is 1. The van der Waals surface area contributed by atoms with Gasteiger partial charge in [0.2, 0.25) is 0 Å². The predicted octanol–water partition coefficient (Wildman–Crippen LogP) is 2.36. The Balaban J connectivity index is 1.97. The van der Waals surface area contributed by atoms with Crippen molar-refractivity contribution in [3.05, 3.63) is 0 Å². The molecule has 0 aromatic rings. The van der Waals surface area contributed by atoms with Crippen LogP contribution in [0.15, 0.2) is 0 Å². The van der Waals surface area contributed by atoms with Crippen LogP contribution in [0.5, 0.6) is 0 Å². The third kappa shape index (κ3) is 2.57. The highest BCUT2D eigenvalue weighted by Crippen LogP contribution is 2.31. The summed E-state index contributed by atoms with van der Waals surface area (Å²) in [5.74, 6) is 0.133. The predicted molar refractivity (Wildman–Crippen MR) is 63.4 cm³/mol. The lowest BCUT2D eigenvalue weighted by atomic mass is 9.82. The summed E-state index contributed by atoms with van der Waals surface area (Å²) in [6.45, 7) is 4.51. The first-order chi connectivity index (χ1) is 7.68. The molecule has 92 valence electrons. The van der Waals surface area contributed by atoms with Gasteiger partial charge in [-0.2, -0.15) is 0 Å². The molecule has 1 heterocycles. The van der Waals surface area contributed by atoms with Crippen LogP contribution >= 0.6 is 0 Å². The van der Waals surface area contributed by atoms with Gasteiger partial charge in [0.1, 0.15) is 0 Å². The van der Waals surface area contributed by atoms with E-state index in [-0.39, 0.29) is 5.92 Å². The number of carbonyl (C=O) groups is 1. The Morgan fingerprint density at radius 3 is 2.38 bits per heavy atom. The van der Waals surface area contributed by atoms with E-state index in [9.17, 15) is 9.90 Å². The van der Waals surface area contributed by atoms with E-state index in [0.29, 0.717) is 6.04 Å². The van der Waals surface area contributed by atoms with Gasteiger partial charge in [-0.3, -0.25) is 9.69 Å². The lowest BCUT2D eigenvalue weighted by Gasteiger charge is -2.41. The van der Waals surface area contributed by atoms with Crippen LogP contribution in [0.1, 0.15) is 45.4 Å². The van der Waals surface area contributed by atoms with E-state index in [4.69, 9.17) is 0 Å². The minimum Gasteiger partial charge on any atom is -0.481 e. The number of carboxylic acids is 1. The third-order valence-electron chi connectivity index (χ3n) is 4.33. The van der Waals surface area contributed by atoms with Crippen LogP contribution in [0.25, 0.3) is 0 Å². The highest BCUT2D eigenvalue weighted by atomic mass is 16.4. The molecule has 16 heavy (non-hydrogen) atoms. The second-order valence-electron chi connectivity index (χ2n) is 5.52. The Morgan fingerprint density at radius 2 is 1.75 bits per heavy atom. The number of aliphatic carboxylic acids is 1. The number of hydrogen-bond acceptors (Lipinski definition) is 2. The third-order valence-corrected chi connectivity index (χ3v) is 4.33. The van der Waals surface area contributed by atoms with Gasteiger partial charge in [0.25, 0.3) is 0 Å².